The number of fused-ring (bicyclic) bond motifs is 2. The Morgan fingerprint density at radius 1 is 1.12 bits per heavy atom. The van der Waals surface area contributed by atoms with Crippen molar-refractivity contribution in [3.8, 4) is 0 Å². The number of rotatable bonds is 9. The molecule has 5 N–H and O–H groups in total. The van der Waals surface area contributed by atoms with E-state index >= 15 is 4.39 Å². The molecule has 1 saturated carbocycles. The molecule has 0 unspecified atom stereocenters. The van der Waals surface area contributed by atoms with Gasteiger partial charge in [0, 0.05) is 61.7 Å². The number of thiazole rings is 1. The fourth-order valence-electron chi connectivity index (χ4n) is 6.68. The second-order valence-corrected chi connectivity index (χ2v) is 13.2. The summed E-state index contributed by atoms with van der Waals surface area (Å²) >= 11 is 1.15. The third kappa shape index (κ3) is 5.41. The number of hydrogen-bond donors (Lipinski definition) is 4. The van der Waals surface area contributed by atoms with Crippen molar-refractivity contribution in [1.29, 1.82) is 0 Å². The summed E-state index contributed by atoms with van der Waals surface area (Å²) in [6.07, 6.45) is 3.32. The van der Waals surface area contributed by atoms with Crippen molar-refractivity contribution in [2.45, 2.75) is 37.2 Å². The van der Waals surface area contributed by atoms with Crippen LogP contribution in [0.1, 0.15) is 34.9 Å². The lowest BCUT2D eigenvalue weighted by Gasteiger charge is -2.50. The molecule has 3 aromatic rings. The van der Waals surface area contributed by atoms with Gasteiger partial charge >= 0.3 is 11.9 Å². The Bertz CT molecular complexity index is 2020. The molecule has 247 valence electrons. The number of carboxylic acids is 2. The first-order chi connectivity index (χ1) is 22.9. The molecule has 2 saturated heterocycles. The summed E-state index contributed by atoms with van der Waals surface area (Å²) in [6, 6.07) is 1.85. The Labute approximate surface area is 277 Å². The molecular weight excluding hydrogens is 644 g/mol. The smallest absolute Gasteiger partial charge is 0.352 e. The summed E-state index contributed by atoms with van der Waals surface area (Å²) in [5.74, 6) is -4.99. The van der Waals surface area contributed by atoms with E-state index in [0.717, 1.165) is 30.2 Å². The van der Waals surface area contributed by atoms with E-state index < -0.39 is 47.0 Å². The average molecular weight is 674 g/mol. The SMILES string of the molecule is C=C(C(=O)N[C@@H]1C(=O)N2C(C(=O)O)=C(CN3CCN(c4cc5c(cc4F)c(=O)c(C(=O)O)cn5C4CC4)CC3)C[B][C@H]12)c1csc(N)n1. The normalized spacial score (nSPS) is 21.1. The van der Waals surface area contributed by atoms with Crippen LogP contribution in [-0.4, -0.2) is 105 Å². The number of nitrogens with one attached hydrogen (secondary N) is 1. The highest BCUT2D eigenvalue weighted by atomic mass is 32.1. The van der Waals surface area contributed by atoms with Gasteiger partial charge in [0.2, 0.25) is 5.43 Å². The highest BCUT2D eigenvalue weighted by Gasteiger charge is 2.53. The van der Waals surface area contributed by atoms with Gasteiger partial charge < -0.3 is 35.6 Å². The first kappa shape index (κ1) is 31.6. The Morgan fingerprint density at radius 3 is 2.48 bits per heavy atom. The lowest BCUT2D eigenvalue weighted by atomic mass is 9.54. The standard InChI is InChI=1S/C31H30BFN7O7S/c1-14(20-13-48-31(34)35-20)27(42)36-23-26-32-10-15(24(30(46)47)40(26)28(23)43)11-37-4-6-38(7-5-37)22-9-21-17(8-19(22)33)25(41)18(29(44)45)12-39(21)16-2-3-16/h8-9,12-13,16,23,26H,1-7,10-11H2,(H2,34,35)(H,36,42)(H,44,45)(H,46,47)/t23-,26-/m0/s1. The van der Waals surface area contributed by atoms with Crippen LogP contribution in [0.4, 0.5) is 15.2 Å². The number of β-lactam (4-membered cyclic amide) rings is 1. The maximum Gasteiger partial charge on any atom is 0.352 e. The van der Waals surface area contributed by atoms with Crippen LogP contribution in [0, 0.1) is 5.82 Å². The van der Waals surface area contributed by atoms with Gasteiger partial charge in [-0.15, -0.1) is 11.3 Å². The summed E-state index contributed by atoms with van der Waals surface area (Å²) < 4.78 is 17.2. The number of benzene rings is 1. The van der Waals surface area contributed by atoms with Crippen molar-refractivity contribution >= 4 is 69.7 Å². The molecule has 3 fully saturated rings. The Kier molecular flexibility index (Phi) is 7.82. The lowest BCUT2D eigenvalue weighted by Crippen LogP contribution is -2.74. The third-order valence-corrected chi connectivity index (χ3v) is 9.99. The summed E-state index contributed by atoms with van der Waals surface area (Å²) in [4.78, 5) is 71.9. The van der Waals surface area contributed by atoms with Crippen molar-refractivity contribution in [3.63, 3.8) is 0 Å². The number of nitrogens with two attached hydrogens (primary N) is 1. The number of carbonyl (C=O) groups is 4. The Hall–Kier alpha value is -5.03. The molecule has 3 aliphatic heterocycles. The molecular formula is C31H30BFN7O7S. The summed E-state index contributed by atoms with van der Waals surface area (Å²) in [7, 11) is 1.81. The number of nitrogen functional groups attached to an aromatic ring is 1. The van der Waals surface area contributed by atoms with E-state index in [-0.39, 0.29) is 39.9 Å². The lowest BCUT2D eigenvalue weighted by molar-refractivity contribution is -0.150. The van der Waals surface area contributed by atoms with Crippen molar-refractivity contribution in [3.05, 3.63) is 68.9 Å². The summed E-state index contributed by atoms with van der Waals surface area (Å²) in [5, 5.41) is 24.2. The van der Waals surface area contributed by atoms with Gasteiger partial charge in [-0.2, -0.15) is 0 Å². The monoisotopic (exact) mass is 674 g/mol. The number of nitrogens with zero attached hydrogens (tertiary/aromatic N) is 5. The van der Waals surface area contributed by atoms with Crippen LogP contribution in [0.25, 0.3) is 16.5 Å². The molecule has 0 bridgehead atoms. The molecule has 2 amide bonds. The van der Waals surface area contributed by atoms with Gasteiger partial charge in [0.25, 0.3) is 11.8 Å². The number of halogens is 1. The zero-order valence-corrected chi connectivity index (χ0v) is 26.3. The van der Waals surface area contributed by atoms with E-state index in [2.05, 4.69) is 16.9 Å². The molecule has 7 rings (SSSR count). The molecule has 5 heterocycles. The van der Waals surface area contributed by atoms with Crippen LogP contribution < -0.4 is 21.4 Å². The molecule has 1 aromatic carbocycles. The van der Waals surface area contributed by atoms with Gasteiger partial charge in [-0.3, -0.25) is 19.3 Å². The predicted molar refractivity (Wildman–Crippen MR) is 175 cm³/mol. The quantitative estimate of drug-likeness (QED) is 0.145. The largest absolute Gasteiger partial charge is 0.477 e. The molecule has 14 nitrogen and oxygen atoms in total. The zero-order valence-electron chi connectivity index (χ0n) is 25.5. The molecule has 2 aromatic heterocycles. The highest BCUT2D eigenvalue weighted by molar-refractivity contribution is 7.13. The number of pyridine rings is 1. The summed E-state index contributed by atoms with van der Waals surface area (Å²) in [6.45, 7) is 5.79. The van der Waals surface area contributed by atoms with Crippen molar-refractivity contribution in [2.75, 3.05) is 43.4 Å². The first-order valence-electron chi connectivity index (χ1n) is 15.3. The molecule has 1 radical (unpaired) electrons. The number of hydrogen-bond acceptors (Lipinski definition) is 10. The Morgan fingerprint density at radius 2 is 1.85 bits per heavy atom. The molecule has 0 spiro atoms. The van der Waals surface area contributed by atoms with E-state index in [4.69, 9.17) is 5.73 Å². The van der Waals surface area contributed by atoms with Gasteiger partial charge in [-0.1, -0.05) is 12.9 Å². The van der Waals surface area contributed by atoms with Gasteiger partial charge in [-0.25, -0.2) is 19.0 Å². The number of carbonyl (C=O) groups excluding carboxylic acids is 2. The number of piperazine rings is 1. The average Bonchev–Trinajstić information content (AvgIpc) is 3.82. The molecule has 2 atom stereocenters. The van der Waals surface area contributed by atoms with Crippen LogP contribution in [-0.2, 0) is 14.4 Å². The van der Waals surface area contributed by atoms with Crippen molar-refractivity contribution in [2.24, 2.45) is 0 Å². The van der Waals surface area contributed by atoms with Crippen LogP contribution in [0.15, 0.2) is 46.4 Å². The van der Waals surface area contributed by atoms with Crippen LogP contribution in [0.5, 0.6) is 0 Å². The van der Waals surface area contributed by atoms with E-state index in [1.165, 1.54) is 11.1 Å². The number of aromatic nitrogens is 2. The minimum atomic E-state index is -1.35. The number of anilines is 2. The zero-order chi connectivity index (χ0) is 34.0. The van der Waals surface area contributed by atoms with Gasteiger partial charge in [-0.05, 0) is 30.5 Å². The van der Waals surface area contributed by atoms with Crippen LogP contribution in [0.2, 0.25) is 6.32 Å². The number of aliphatic carboxylic acids is 1. The van der Waals surface area contributed by atoms with Crippen molar-refractivity contribution < 1.29 is 33.8 Å². The van der Waals surface area contributed by atoms with E-state index in [1.54, 1.807) is 16.0 Å². The molecule has 1 aliphatic carbocycles. The van der Waals surface area contributed by atoms with Gasteiger partial charge in [0.05, 0.1) is 22.5 Å². The fourth-order valence-corrected chi connectivity index (χ4v) is 7.26. The topological polar surface area (TPSA) is 191 Å². The summed E-state index contributed by atoms with van der Waals surface area (Å²) in [5.41, 5.74) is 6.11. The van der Waals surface area contributed by atoms with Crippen LogP contribution >= 0.6 is 11.3 Å². The molecule has 48 heavy (non-hydrogen) atoms. The maximum atomic E-state index is 15.4. The number of carboxylic acid groups (broad SMARTS) is 2. The molecule has 17 heteroatoms. The van der Waals surface area contributed by atoms with Crippen LogP contribution in [0.3, 0.4) is 0 Å². The van der Waals surface area contributed by atoms with Gasteiger partial charge in [0.1, 0.15) is 30.4 Å². The van der Waals surface area contributed by atoms with Gasteiger partial charge in [0.15, 0.2) is 5.13 Å². The van der Waals surface area contributed by atoms with Crippen molar-refractivity contribution in [1.82, 2.24) is 24.7 Å². The second kappa shape index (κ2) is 11.9. The highest BCUT2D eigenvalue weighted by Crippen LogP contribution is 2.39. The predicted octanol–water partition coefficient (Wildman–Crippen LogP) is 1.18. The number of amides is 2. The van der Waals surface area contributed by atoms with E-state index in [9.17, 15) is 34.2 Å². The first-order valence-corrected chi connectivity index (χ1v) is 16.2. The minimum Gasteiger partial charge on any atom is -0.477 e. The maximum absolute atomic E-state index is 15.4. The minimum absolute atomic E-state index is 0.0265. The van der Waals surface area contributed by atoms with E-state index in [0.29, 0.717) is 55.0 Å². The molecule has 4 aliphatic rings. The van der Waals surface area contributed by atoms with E-state index in [1.807, 2.05) is 17.1 Å². The number of aromatic carboxylic acids is 1. The fraction of sp³-hybridized carbons (Fsp3) is 0.355. The Balaban J connectivity index is 1.04. The second-order valence-electron chi connectivity index (χ2n) is 12.3. The third-order valence-electron chi connectivity index (χ3n) is 9.32.